The van der Waals surface area contributed by atoms with Gasteiger partial charge in [0.1, 0.15) is 11.3 Å². The van der Waals surface area contributed by atoms with Gasteiger partial charge in [0.25, 0.3) is 5.91 Å². The average molecular weight is 415 g/mol. The highest BCUT2D eigenvalue weighted by Crippen LogP contribution is 2.55. The monoisotopic (exact) mass is 415 g/mol. The maximum Gasteiger partial charge on any atom is 0.253 e. The Balaban J connectivity index is 1.68. The highest BCUT2D eigenvalue weighted by atomic mass is 16.5. The standard InChI is InChI=1S/C24H21N3O4/c1-4-13-26-16-10-6-5-9-15(16)24(23(26)30)20-19(14(2)25-24)21(28)27(22(20)29)17-11-7-8-12-18(17)31-3/h1,5-12,14,19-20,25H,13H2,2-3H3/t14-,19-,20+,24+/m1/s1. The maximum atomic E-state index is 13.8. The number of nitrogens with one attached hydrogen (secondary N) is 1. The van der Waals surface area contributed by atoms with Crippen LogP contribution in [0, 0.1) is 24.2 Å². The molecule has 3 aliphatic heterocycles. The van der Waals surface area contributed by atoms with Gasteiger partial charge < -0.3 is 4.74 Å². The van der Waals surface area contributed by atoms with Gasteiger partial charge in [-0.3, -0.25) is 24.6 Å². The number of amides is 3. The number of anilines is 2. The van der Waals surface area contributed by atoms with E-state index in [2.05, 4.69) is 11.2 Å². The van der Waals surface area contributed by atoms with E-state index in [0.717, 1.165) is 0 Å². The fourth-order valence-electron chi connectivity index (χ4n) is 5.41. The van der Waals surface area contributed by atoms with E-state index in [1.54, 1.807) is 24.3 Å². The number of hydrogen-bond donors (Lipinski definition) is 1. The van der Waals surface area contributed by atoms with Crippen LogP contribution in [-0.4, -0.2) is 37.4 Å². The second-order valence-electron chi connectivity index (χ2n) is 8.04. The highest BCUT2D eigenvalue weighted by Gasteiger charge is 2.71. The van der Waals surface area contributed by atoms with Crippen LogP contribution in [0.5, 0.6) is 5.75 Å². The molecule has 5 rings (SSSR count). The van der Waals surface area contributed by atoms with Crippen LogP contribution in [0.1, 0.15) is 12.5 Å². The van der Waals surface area contributed by atoms with Crippen molar-refractivity contribution >= 4 is 29.1 Å². The van der Waals surface area contributed by atoms with Crippen molar-refractivity contribution in [1.82, 2.24) is 5.32 Å². The van der Waals surface area contributed by atoms with Crippen LogP contribution in [0.25, 0.3) is 0 Å². The summed E-state index contributed by atoms with van der Waals surface area (Å²) in [6.07, 6.45) is 5.52. The molecule has 0 saturated carbocycles. The number of fused-ring (bicyclic) bond motifs is 4. The smallest absolute Gasteiger partial charge is 0.253 e. The molecule has 4 atom stereocenters. The van der Waals surface area contributed by atoms with E-state index in [9.17, 15) is 14.4 Å². The molecule has 0 radical (unpaired) electrons. The van der Waals surface area contributed by atoms with Gasteiger partial charge in [-0.25, -0.2) is 4.90 Å². The number of carbonyl (C=O) groups is 3. The van der Waals surface area contributed by atoms with Crippen molar-refractivity contribution < 1.29 is 19.1 Å². The molecule has 0 aliphatic carbocycles. The molecule has 2 aromatic rings. The van der Waals surface area contributed by atoms with E-state index in [1.165, 1.54) is 16.9 Å². The topological polar surface area (TPSA) is 79.0 Å². The zero-order chi connectivity index (χ0) is 21.9. The Bertz CT molecular complexity index is 1170. The minimum absolute atomic E-state index is 0.0867. The first kappa shape index (κ1) is 19.3. The molecule has 1 spiro atoms. The molecule has 3 aliphatic rings. The van der Waals surface area contributed by atoms with Crippen LogP contribution < -0.4 is 19.9 Å². The maximum absolute atomic E-state index is 13.8. The molecule has 3 amide bonds. The number of rotatable bonds is 3. The Labute approximate surface area is 180 Å². The van der Waals surface area contributed by atoms with E-state index in [4.69, 9.17) is 11.2 Å². The predicted octanol–water partition coefficient (Wildman–Crippen LogP) is 1.67. The van der Waals surface area contributed by atoms with Crippen LogP contribution in [0.15, 0.2) is 48.5 Å². The lowest BCUT2D eigenvalue weighted by atomic mass is 9.76. The third kappa shape index (κ3) is 2.31. The summed E-state index contributed by atoms with van der Waals surface area (Å²) in [5.41, 5.74) is 0.400. The number of carbonyl (C=O) groups excluding carboxylic acids is 3. The van der Waals surface area contributed by atoms with Crippen LogP contribution in [-0.2, 0) is 19.9 Å². The van der Waals surface area contributed by atoms with Gasteiger partial charge in [0, 0.05) is 11.6 Å². The first-order chi connectivity index (χ1) is 15.0. The van der Waals surface area contributed by atoms with E-state index < -0.39 is 23.3 Å². The lowest BCUT2D eigenvalue weighted by molar-refractivity contribution is -0.132. The third-order valence-corrected chi connectivity index (χ3v) is 6.59. The van der Waals surface area contributed by atoms with Crippen molar-refractivity contribution in [2.24, 2.45) is 11.8 Å². The fourth-order valence-corrected chi connectivity index (χ4v) is 5.41. The Kier molecular flexibility index (Phi) is 4.17. The van der Waals surface area contributed by atoms with E-state index in [0.29, 0.717) is 22.7 Å². The summed E-state index contributed by atoms with van der Waals surface area (Å²) in [5.74, 6) is 0.342. The van der Waals surface area contributed by atoms with Crippen LogP contribution >= 0.6 is 0 Å². The lowest BCUT2D eigenvalue weighted by Gasteiger charge is -2.30. The molecule has 2 fully saturated rings. The van der Waals surface area contributed by atoms with Gasteiger partial charge in [-0.15, -0.1) is 6.42 Å². The second kappa shape index (κ2) is 6.69. The molecule has 7 nitrogen and oxygen atoms in total. The fraction of sp³-hybridized carbons (Fsp3) is 0.292. The minimum Gasteiger partial charge on any atom is -0.495 e. The number of hydrogen-bond acceptors (Lipinski definition) is 5. The van der Waals surface area contributed by atoms with Crippen molar-refractivity contribution in [1.29, 1.82) is 0 Å². The summed E-state index contributed by atoms with van der Waals surface area (Å²) < 4.78 is 5.39. The van der Waals surface area contributed by atoms with Gasteiger partial charge in [0.15, 0.2) is 0 Å². The number of ether oxygens (including phenoxy) is 1. The van der Waals surface area contributed by atoms with Gasteiger partial charge in [0.2, 0.25) is 11.8 Å². The average Bonchev–Trinajstić information content (AvgIpc) is 3.32. The molecule has 7 heteroatoms. The molecule has 31 heavy (non-hydrogen) atoms. The van der Waals surface area contributed by atoms with E-state index in [-0.39, 0.29) is 24.4 Å². The Morgan fingerprint density at radius 1 is 1.06 bits per heavy atom. The summed E-state index contributed by atoms with van der Waals surface area (Å²) in [7, 11) is 1.49. The van der Waals surface area contributed by atoms with Crippen molar-refractivity contribution in [2.45, 2.75) is 18.5 Å². The summed E-state index contributed by atoms with van der Waals surface area (Å²) in [5, 5.41) is 3.33. The molecule has 0 aromatic heterocycles. The second-order valence-corrected chi connectivity index (χ2v) is 8.04. The molecule has 3 heterocycles. The first-order valence-corrected chi connectivity index (χ1v) is 10.1. The molecule has 156 valence electrons. The van der Waals surface area contributed by atoms with Gasteiger partial charge >= 0.3 is 0 Å². The number of nitrogens with zero attached hydrogens (tertiary/aromatic N) is 2. The molecule has 2 aromatic carbocycles. The van der Waals surface area contributed by atoms with Crippen molar-refractivity contribution in [3.8, 4) is 18.1 Å². The van der Waals surface area contributed by atoms with Crippen molar-refractivity contribution in [3.05, 3.63) is 54.1 Å². The van der Waals surface area contributed by atoms with Gasteiger partial charge in [-0.1, -0.05) is 36.3 Å². The summed E-state index contributed by atoms with van der Waals surface area (Å²) in [4.78, 5) is 43.7. The lowest BCUT2D eigenvalue weighted by Crippen LogP contribution is -2.55. The quantitative estimate of drug-likeness (QED) is 0.610. The largest absolute Gasteiger partial charge is 0.495 e. The number of methoxy groups -OCH3 is 1. The molecule has 2 saturated heterocycles. The van der Waals surface area contributed by atoms with Crippen LogP contribution in [0.2, 0.25) is 0 Å². The predicted molar refractivity (Wildman–Crippen MR) is 114 cm³/mol. The number of imide groups is 1. The number of terminal acetylenes is 1. The summed E-state index contributed by atoms with van der Waals surface area (Å²) >= 11 is 0. The third-order valence-electron chi connectivity index (χ3n) is 6.59. The zero-order valence-corrected chi connectivity index (χ0v) is 17.2. The summed E-state index contributed by atoms with van der Waals surface area (Å²) in [6, 6.07) is 13.8. The van der Waals surface area contributed by atoms with E-state index in [1.807, 2.05) is 31.2 Å². The highest BCUT2D eigenvalue weighted by molar-refractivity contribution is 6.26. The number of benzene rings is 2. The molecule has 0 unspecified atom stereocenters. The molecular formula is C24H21N3O4. The first-order valence-electron chi connectivity index (χ1n) is 10.1. The Morgan fingerprint density at radius 3 is 2.45 bits per heavy atom. The van der Waals surface area contributed by atoms with Crippen molar-refractivity contribution in [3.63, 3.8) is 0 Å². The van der Waals surface area contributed by atoms with Crippen molar-refractivity contribution in [2.75, 3.05) is 23.5 Å². The minimum atomic E-state index is -1.33. The Morgan fingerprint density at radius 2 is 1.74 bits per heavy atom. The van der Waals surface area contributed by atoms with Crippen LogP contribution in [0.4, 0.5) is 11.4 Å². The summed E-state index contributed by atoms with van der Waals surface area (Å²) in [6.45, 7) is 1.92. The zero-order valence-electron chi connectivity index (χ0n) is 17.2. The van der Waals surface area contributed by atoms with Gasteiger partial charge in [0.05, 0.1) is 36.9 Å². The Hall–Kier alpha value is -3.63. The van der Waals surface area contributed by atoms with E-state index >= 15 is 0 Å². The molecule has 1 N–H and O–H groups in total. The normalized spacial score (nSPS) is 28.8. The number of para-hydroxylation sites is 3. The molecular weight excluding hydrogens is 394 g/mol. The van der Waals surface area contributed by atoms with Gasteiger partial charge in [-0.2, -0.15) is 0 Å². The van der Waals surface area contributed by atoms with Crippen LogP contribution in [0.3, 0.4) is 0 Å². The van der Waals surface area contributed by atoms with Gasteiger partial charge in [-0.05, 0) is 25.1 Å². The SMILES string of the molecule is C#CCN1C(=O)[C@]2(N[C@H](C)[C@H]3C(=O)N(c4ccccc4OC)C(=O)[C@H]32)c2ccccc21. The molecule has 0 bridgehead atoms.